The van der Waals surface area contributed by atoms with Crippen molar-refractivity contribution in [3.05, 3.63) is 42.0 Å². The van der Waals surface area contributed by atoms with Gasteiger partial charge in [-0.25, -0.2) is 14.8 Å². The van der Waals surface area contributed by atoms with E-state index in [9.17, 15) is 4.79 Å². The maximum atomic E-state index is 11.9. The van der Waals surface area contributed by atoms with E-state index in [1.807, 2.05) is 30.3 Å². The molecule has 2 aromatic heterocycles. The van der Waals surface area contributed by atoms with Crippen molar-refractivity contribution >= 4 is 32.8 Å². The number of methoxy groups -OCH3 is 1. The molecule has 0 amide bonds. The first-order valence-electron chi connectivity index (χ1n) is 5.90. The summed E-state index contributed by atoms with van der Waals surface area (Å²) in [5.41, 5.74) is 8.19. The minimum absolute atomic E-state index is 0.378. The number of hydrogen-bond donors (Lipinski definition) is 1. The zero-order valence-electron chi connectivity index (χ0n) is 10.7. The molecule has 0 saturated carbocycles. The Morgan fingerprint density at radius 3 is 2.70 bits per heavy atom. The molecule has 3 rings (SSSR count). The lowest BCUT2D eigenvalue weighted by Crippen LogP contribution is -2.03. The fraction of sp³-hybridized carbons (Fsp3) is 0.0714. The largest absolute Gasteiger partial charge is 0.465 e. The molecule has 20 heavy (non-hydrogen) atoms. The normalized spacial score (nSPS) is 10.7. The summed E-state index contributed by atoms with van der Waals surface area (Å²) in [7, 11) is 1.34. The molecule has 0 unspecified atom stereocenters. The number of nitrogen functional groups attached to an aromatic ring is 1. The number of rotatable bonds is 2. The third-order valence-electron chi connectivity index (χ3n) is 2.86. The SMILES string of the molecule is COC(=O)c1cc(-c2ccccc2)nc2sc(N)nc12. The molecule has 1 aromatic carbocycles. The fourth-order valence-corrected chi connectivity index (χ4v) is 2.68. The van der Waals surface area contributed by atoms with Crippen molar-refractivity contribution in [2.45, 2.75) is 0 Å². The Morgan fingerprint density at radius 1 is 1.25 bits per heavy atom. The van der Waals surface area contributed by atoms with Gasteiger partial charge in [-0.2, -0.15) is 0 Å². The Labute approximate surface area is 119 Å². The molecule has 2 heterocycles. The Balaban J connectivity index is 2.27. The van der Waals surface area contributed by atoms with Gasteiger partial charge in [0.15, 0.2) is 5.13 Å². The maximum absolute atomic E-state index is 11.9. The average molecular weight is 285 g/mol. The molecule has 0 aliphatic heterocycles. The number of anilines is 1. The number of esters is 1. The Hall–Kier alpha value is -2.47. The summed E-state index contributed by atoms with van der Waals surface area (Å²) in [6.45, 7) is 0. The van der Waals surface area contributed by atoms with E-state index in [1.54, 1.807) is 6.07 Å². The molecular formula is C14H11N3O2S. The van der Waals surface area contributed by atoms with Crippen LogP contribution in [0.4, 0.5) is 5.13 Å². The van der Waals surface area contributed by atoms with Crippen molar-refractivity contribution < 1.29 is 9.53 Å². The molecule has 100 valence electrons. The minimum Gasteiger partial charge on any atom is -0.465 e. The second-order valence-corrected chi connectivity index (χ2v) is 5.13. The molecule has 0 spiro atoms. The highest BCUT2D eigenvalue weighted by Gasteiger charge is 2.17. The van der Waals surface area contributed by atoms with Gasteiger partial charge in [0.1, 0.15) is 10.3 Å². The maximum Gasteiger partial charge on any atom is 0.340 e. The molecule has 3 aromatic rings. The lowest BCUT2D eigenvalue weighted by Gasteiger charge is -2.04. The molecule has 0 fully saturated rings. The third-order valence-corrected chi connectivity index (χ3v) is 3.64. The van der Waals surface area contributed by atoms with Crippen LogP contribution in [0.25, 0.3) is 21.6 Å². The van der Waals surface area contributed by atoms with E-state index in [1.165, 1.54) is 18.4 Å². The summed E-state index contributed by atoms with van der Waals surface area (Å²) >= 11 is 1.25. The number of pyridine rings is 1. The van der Waals surface area contributed by atoms with Crippen molar-refractivity contribution in [3.8, 4) is 11.3 Å². The fourth-order valence-electron chi connectivity index (χ4n) is 1.95. The van der Waals surface area contributed by atoms with Gasteiger partial charge in [0.25, 0.3) is 0 Å². The first kappa shape index (κ1) is 12.6. The predicted molar refractivity (Wildman–Crippen MR) is 78.6 cm³/mol. The number of nitrogens with two attached hydrogens (primary N) is 1. The van der Waals surface area contributed by atoms with Crippen LogP contribution in [-0.4, -0.2) is 23.0 Å². The van der Waals surface area contributed by atoms with E-state index in [2.05, 4.69) is 9.97 Å². The number of ether oxygens (including phenoxy) is 1. The van der Waals surface area contributed by atoms with Gasteiger partial charge >= 0.3 is 5.97 Å². The van der Waals surface area contributed by atoms with Crippen LogP contribution in [0.3, 0.4) is 0 Å². The highest BCUT2D eigenvalue weighted by molar-refractivity contribution is 7.21. The van der Waals surface area contributed by atoms with Crippen molar-refractivity contribution in [1.29, 1.82) is 0 Å². The van der Waals surface area contributed by atoms with Gasteiger partial charge in [-0.1, -0.05) is 41.7 Å². The second kappa shape index (κ2) is 4.90. The molecule has 5 nitrogen and oxygen atoms in total. The summed E-state index contributed by atoms with van der Waals surface area (Å²) in [6, 6.07) is 11.3. The van der Waals surface area contributed by atoms with E-state index in [0.29, 0.717) is 26.7 Å². The molecule has 0 saturated heterocycles. The van der Waals surface area contributed by atoms with Gasteiger partial charge in [0.2, 0.25) is 0 Å². The molecule has 0 aliphatic carbocycles. The van der Waals surface area contributed by atoms with Crippen LogP contribution < -0.4 is 5.73 Å². The van der Waals surface area contributed by atoms with Crippen LogP contribution in [0.1, 0.15) is 10.4 Å². The summed E-state index contributed by atoms with van der Waals surface area (Å²) in [5, 5.41) is 0.378. The number of carbonyl (C=O) groups is 1. The number of carbonyl (C=O) groups excluding carboxylic acids is 1. The Morgan fingerprint density at radius 2 is 2.00 bits per heavy atom. The number of aromatic nitrogens is 2. The number of fused-ring (bicyclic) bond motifs is 1. The van der Waals surface area contributed by atoms with Crippen LogP contribution in [0, 0.1) is 0 Å². The number of hydrogen-bond acceptors (Lipinski definition) is 6. The van der Waals surface area contributed by atoms with Crippen LogP contribution in [0.2, 0.25) is 0 Å². The van der Waals surface area contributed by atoms with Crippen LogP contribution in [0.15, 0.2) is 36.4 Å². The lowest BCUT2D eigenvalue weighted by molar-refractivity contribution is 0.0603. The Kier molecular flexibility index (Phi) is 3.08. The molecule has 0 radical (unpaired) electrons. The van der Waals surface area contributed by atoms with Gasteiger partial charge in [0.05, 0.1) is 18.4 Å². The summed E-state index contributed by atoms with van der Waals surface area (Å²) in [4.78, 5) is 21.2. The summed E-state index contributed by atoms with van der Waals surface area (Å²) in [6.07, 6.45) is 0. The van der Waals surface area contributed by atoms with Crippen molar-refractivity contribution in [2.24, 2.45) is 0 Å². The van der Waals surface area contributed by atoms with Gasteiger partial charge in [-0.15, -0.1) is 0 Å². The second-order valence-electron chi connectivity index (χ2n) is 4.12. The average Bonchev–Trinajstić information content (AvgIpc) is 2.86. The van der Waals surface area contributed by atoms with Gasteiger partial charge in [-0.3, -0.25) is 0 Å². The highest BCUT2D eigenvalue weighted by Crippen LogP contribution is 2.29. The summed E-state index contributed by atoms with van der Waals surface area (Å²) in [5.74, 6) is -0.445. The minimum atomic E-state index is -0.445. The van der Waals surface area contributed by atoms with Crippen LogP contribution in [0.5, 0.6) is 0 Å². The first-order valence-corrected chi connectivity index (χ1v) is 6.71. The van der Waals surface area contributed by atoms with E-state index < -0.39 is 5.97 Å². The van der Waals surface area contributed by atoms with E-state index >= 15 is 0 Å². The first-order chi connectivity index (χ1) is 9.69. The van der Waals surface area contributed by atoms with Crippen molar-refractivity contribution in [2.75, 3.05) is 12.8 Å². The monoisotopic (exact) mass is 285 g/mol. The molecule has 6 heteroatoms. The zero-order chi connectivity index (χ0) is 14.1. The van der Waals surface area contributed by atoms with Gasteiger partial charge in [-0.05, 0) is 6.07 Å². The standard InChI is InChI=1S/C14H11N3O2S/c1-19-13(18)9-7-10(8-5-3-2-4-6-8)16-12-11(9)17-14(15)20-12/h2-7H,1H3,(H2,15,17). The third kappa shape index (κ3) is 2.10. The highest BCUT2D eigenvalue weighted by atomic mass is 32.1. The molecule has 0 aliphatic rings. The Bertz CT molecular complexity index is 784. The smallest absolute Gasteiger partial charge is 0.340 e. The predicted octanol–water partition coefficient (Wildman–Crippen LogP) is 2.73. The number of thiazole rings is 1. The topological polar surface area (TPSA) is 78.1 Å². The van der Waals surface area contributed by atoms with Gasteiger partial charge in [0, 0.05) is 5.56 Å². The molecular weight excluding hydrogens is 274 g/mol. The van der Waals surface area contributed by atoms with Crippen molar-refractivity contribution in [1.82, 2.24) is 9.97 Å². The van der Waals surface area contributed by atoms with Crippen LogP contribution >= 0.6 is 11.3 Å². The van der Waals surface area contributed by atoms with Crippen LogP contribution in [-0.2, 0) is 4.74 Å². The number of benzene rings is 1. The number of nitrogens with zero attached hydrogens (tertiary/aromatic N) is 2. The van der Waals surface area contributed by atoms with E-state index in [0.717, 1.165) is 5.56 Å². The van der Waals surface area contributed by atoms with E-state index in [-0.39, 0.29) is 0 Å². The van der Waals surface area contributed by atoms with Gasteiger partial charge < -0.3 is 10.5 Å². The molecule has 0 atom stereocenters. The lowest BCUT2D eigenvalue weighted by atomic mass is 10.1. The molecule has 2 N–H and O–H groups in total. The van der Waals surface area contributed by atoms with Crippen molar-refractivity contribution in [3.63, 3.8) is 0 Å². The van der Waals surface area contributed by atoms with E-state index in [4.69, 9.17) is 10.5 Å². The zero-order valence-corrected chi connectivity index (χ0v) is 11.5. The molecule has 0 bridgehead atoms. The summed E-state index contributed by atoms with van der Waals surface area (Å²) < 4.78 is 4.80. The quantitative estimate of drug-likeness (QED) is 0.732.